The van der Waals surface area contributed by atoms with Crippen LogP contribution in [0.3, 0.4) is 0 Å². The van der Waals surface area contributed by atoms with E-state index in [0.717, 1.165) is 105 Å². The summed E-state index contributed by atoms with van der Waals surface area (Å²) in [6.45, 7) is 16.4. The molecule has 0 N–H and O–H groups in total. The first-order valence-corrected chi connectivity index (χ1v) is 15.9. The average Bonchev–Trinajstić information content (AvgIpc) is 3.01. The lowest BCUT2D eigenvalue weighted by atomic mass is 9.93. The first-order valence-electron chi connectivity index (χ1n) is 15.9. The van der Waals surface area contributed by atoms with Gasteiger partial charge >= 0.3 is 0 Å². The summed E-state index contributed by atoms with van der Waals surface area (Å²) in [4.78, 5) is 0. The monoisotopic (exact) mass is 576 g/mol. The molecule has 0 atom stereocenters. The fraction of sp³-hybridized carbons (Fsp3) is 0.500. The van der Waals surface area contributed by atoms with Gasteiger partial charge in [0.2, 0.25) is 0 Å². The summed E-state index contributed by atoms with van der Waals surface area (Å²) in [5, 5.41) is 6.41. The maximum absolute atomic E-state index is 6.24. The van der Waals surface area contributed by atoms with Gasteiger partial charge in [-0.2, -0.15) is 0 Å². The zero-order valence-corrected chi connectivity index (χ0v) is 26.4. The predicted octanol–water partition coefficient (Wildman–Crippen LogP) is 9.88. The van der Waals surface area contributed by atoms with Crippen molar-refractivity contribution >= 4 is 32.3 Å². The van der Waals surface area contributed by atoms with Gasteiger partial charge in [0.05, 0.1) is 39.6 Å². The Bertz CT molecular complexity index is 1150. The van der Waals surface area contributed by atoms with Gasteiger partial charge in [0.15, 0.2) is 34.5 Å². The van der Waals surface area contributed by atoms with E-state index in [0.29, 0.717) is 39.6 Å². The molecular formula is C36H48O6. The van der Waals surface area contributed by atoms with E-state index in [1.807, 2.05) is 0 Å². The van der Waals surface area contributed by atoms with Crippen molar-refractivity contribution in [1.29, 1.82) is 0 Å². The Hall–Kier alpha value is -3.54. The molecule has 0 aliphatic heterocycles. The Morgan fingerprint density at radius 3 is 0.548 bits per heavy atom. The van der Waals surface area contributed by atoms with Crippen molar-refractivity contribution in [2.75, 3.05) is 39.6 Å². The lowest BCUT2D eigenvalue weighted by Gasteiger charge is -2.20. The van der Waals surface area contributed by atoms with E-state index in [2.05, 4.69) is 77.9 Å². The minimum absolute atomic E-state index is 0.618. The summed E-state index contributed by atoms with van der Waals surface area (Å²) in [7, 11) is 0. The summed E-state index contributed by atoms with van der Waals surface area (Å²) in [5.74, 6) is 4.53. The molecule has 228 valence electrons. The number of hydrogen-bond acceptors (Lipinski definition) is 6. The Kier molecular flexibility index (Phi) is 11.7. The number of ether oxygens (including phenoxy) is 6. The molecule has 0 fully saturated rings. The molecule has 4 aromatic carbocycles. The Labute approximate surface area is 251 Å². The van der Waals surface area contributed by atoms with Crippen molar-refractivity contribution in [1.82, 2.24) is 0 Å². The number of hydrogen-bond donors (Lipinski definition) is 0. The minimum Gasteiger partial charge on any atom is -0.490 e. The smallest absolute Gasteiger partial charge is 0.161 e. The molecule has 4 aromatic rings. The van der Waals surface area contributed by atoms with E-state index < -0.39 is 0 Å². The molecular weight excluding hydrogens is 528 g/mol. The summed E-state index contributed by atoms with van der Waals surface area (Å²) >= 11 is 0. The van der Waals surface area contributed by atoms with E-state index in [4.69, 9.17) is 28.4 Å². The van der Waals surface area contributed by atoms with Crippen molar-refractivity contribution in [3.05, 3.63) is 36.4 Å². The van der Waals surface area contributed by atoms with Gasteiger partial charge in [-0.3, -0.25) is 0 Å². The summed E-state index contributed by atoms with van der Waals surface area (Å²) in [5.41, 5.74) is 0. The van der Waals surface area contributed by atoms with Crippen LogP contribution in [-0.2, 0) is 0 Å². The second-order valence-electron chi connectivity index (χ2n) is 10.6. The molecule has 0 amide bonds. The van der Waals surface area contributed by atoms with E-state index in [9.17, 15) is 0 Å². The highest BCUT2D eigenvalue weighted by atomic mass is 16.5. The Morgan fingerprint density at radius 1 is 0.286 bits per heavy atom. The third-order valence-electron chi connectivity index (χ3n) is 6.89. The van der Waals surface area contributed by atoms with Crippen molar-refractivity contribution in [2.45, 2.75) is 80.1 Å². The highest BCUT2D eigenvalue weighted by molar-refractivity contribution is 6.26. The van der Waals surface area contributed by atoms with Crippen molar-refractivity contribution in [3.8, 4) is 34.5 Å². The minimum atomic E-state index is 0.618. The molecule has 6 heteroatoms. The molecule has 42 heavy (non-hydrogen) atoms. The third-order valence-corrected chi connectivity index (χ3v) is 6.89. The molecule has 6 nitrogen and oxygen atoms in total. The second kappa shape index (κ2) is 15.6. The highest BCUT2D eigenvalue weighted by Gasteiger charge is 2.20. The molecule has 0 unspecified atom stereocenters. The van der Waals surface area contributed by atoms with Crippen LogP contribution in [0.4, 0.5) is 0 Å². The van der Waals surface area contributed by atoms with Crippen LogP contribution in [-0.4, -0.2) is 39.6 Å². The average molecular weight is 577 g/mol. The molecule has 0 aromatic heterocycles. The molecule has 0 heterocycles. The van der Waals surface area contributed by atoms with E-state index >= 15 is 0 Å². The van der Waals surface area contributed by atoms with Crippen LogP contribution < -0.4 is 28.4 Å². The fourth-order valence-corrected chi connectivity index (χ4v) is 4.97. The molecule has 0 saturated carbocycles. The Morgan fingerprint density at radius 2 is 0.429 bits per heavy atom. The number of fused-ring (bicyclic) bond motifs is 6. The van der Waals surface area contributed by atoms with Gasteiger partial charge in [-0.05, 0) is 107 Å². The molecule has 0 bridgehead atoms. The SMILES string of the molecule is CCCOc1cc2c3cc(OCCC)c(OCCC)cc3c3cc(OCCC)c(OCCC)cc3c2cc1OCCC. The Balaban J connectivity index is 2.12. The van der Waals surface area contributed by atoms with Gasteiger partial charge in [-0.25, -0.2) is 0 Å². The maximum atomic E-state index is 6.24. The van der Waals surface area contributed by atoms with Gasteiger partial charge < -0.3 is 28.4 Å². The van der Waals surface area contributed by atoms with Gasteiger partial charge in [-0.15, -0.1) is 0 Å². The number of rotatable bonds is 18. The van der Waals surface area contributed by atoms with E-state index in [-0.39, 0.29) is 0 Å². The first-order chi connectivity index (χ1) is 20.6. The van der Waals surface area contributed by atoms with Crippen LogP contribution in [0.15, 0.2) is 36.4 Å². The molecule has 0 aliphatic carbocycles. The molecule has 0 aliphatic rings. The lowest BCUT2D eigenvalue weighted by Crippen LogP contribution is -2.03. The van der Waals surface area contributed by atoms with Crippen LogP contribution in [0.25, 0.3) is 32.3 Å². The van der Waals surface area contributed by atoms with Gasteiger partial charge in [-0.1, -0.05) is 41.5 Å². The van der Waals surface area contributed by atoms with Crippen LogP contribution in [0.2, 0.25) is 0 Å². The molecule has 0 spiro atoms. The zero-order valence-electron chi connectivity index (χ0n) is 26.4. The lowest BCUT2D eigenvalue weighted by molar-refractivity contribution is 0.268. The molecule has 0 saturated heterocycles. The quantitative estimate of drug-likeness (QED) is 0.110. The fourth-order valence-electron chi connectivity index (χ4n) is 4.97. The zero-order chi connectivity index (χ0) is 29.9. The van der Waals surface area contributed by atoms with E-state index in [1.54, 1.807) is 0 Å². The topological polar surface area (TPSA) is 55.4 Å². The van der Waals surface area contributed by atoms with E-state index in [1.165, 1.54) is 0 Å². The van der Waals surface area contributed by atoms with Crippen molar-refractivity contribution in [2.24, 2.45) is 0 Å². The normalized spacial score (nSPS) is 11.3. The largest absolute Gasteiger partial charge is 0.490 e. The summed E-state index contributed by atoms with van der Waals surface area (Å²) in [6.07, 6.45) is 5.47. The highest BCUT2D eigenvalue weighted by Crippen LogP contribution is 2.47. The van der Waals surface area contributed by atoms with Gasteiger partial charge in [0.1, 0.15) is 0 Å². The molecule has 4 rings (SSSR count). The van der Waals surface area contributed by atoms with Crippen LogP contribution in [0.5, 0.6) is 34.5 Å². The first kappa shape index (κ1) is 31.4. The van der Waals surface area contributed by atoms with Crippen molar-refractivity contribution < 1.29 is 28.4 Å². The van der Waals surface area contributed by atoms with Crippen LogP contribution in [0, 0.1) is 0 Å². The summed E-state index contributed by atoms with van der Waals surface area (Å²) in [6, 6.07) is 12.8. The summed E-state index contributed by atoms with van der Waals surface area (Å²) < 4.78 is 37.4. The van der Waals surface area contributed by atoms with Gasteiger partial charge in [0, 0.05) is 0 Å². The molecule has 0 radical (unpaired) electrons. The second-order valence-corrected chi connectivity index (χ2v) is 10.6. The maximum Gasteiger partial charge on any atom is 0.161 e. The van der Waals surface area contributed by atoms with Crippen LogP contribution >= 0.6 is 0 Å². The van der Waals surface area contributed by atoms with Crippen molar-refractivity contribution in [3.63, 3.8) is 0 Å². The van der Waals surface area contributed by atoms with Gasteiger partial charge in [0.25, 0.3) is 0 Å². The van der Waals surface area contributed by atoms with Crippen LogP contribution in [0.1, 0.15) is 80.1 Å². The number of benzene rings is 4. The third kappa shape index (κ3) is 7.08. The predicted molar refractivity (Wildman–Crippen MR) is 174 cm³/mol. The standard InChI is InChI=1S/C36H48O6/c1-7-13-37-31-19-25-26(20-32(31)38-14-8-2)28-22-34(40-16-10-4)36(42-18-12-6)24-30(28)29-23-35(41-17-11-5)33(21-27(25)29)39-15-9-3/h19-24H,7-18H2,1-6H3.